The number of hydrogen-bond acceptors (Lipinski definition) is 8. The van der Waals surface area contributed by atoms with Crippen LogP contribution in [0.5, 0.6) is 0 Å². The molecule has 174 valence electrons. The number of nitrogens with one attached hydrogen (secondary N) is 1. The molecule has 0 radical (unpaired) electrons. The number of carbonyl (C=O) groups excluding carboxylic acids is 1. The average Bonchev–Trinajstić information content (AvgIpc) is 3.29. The number of rotatable bonds is 5. The summed E-state index contributed by atoms with van der Waals surface area (Å²) in [5.41, 5.74) is 3.19. The Bertz CT molecular complexity index is 1430. The van der Waals surface area contributed by atoms with Crippen molar-refractivity contribution >= 4 is 49.2 Å². The first kappa shape index (κ1) is 22.4. The summed E-state index contributed by atoms with van der Waals surface area (Å²) in [6.07, 6.45) is 1.54. The predicted molar refractivity (Wildman–Crippen MR) is 132 cm³/mol. The van der Waals surface area contributed by atoms with Gasteiger partial charge in [-0.1, -0.05) is 30.3 Å². The lowest BCUT2D eigenvalue weighted by molar-refractivity contribution is -0.114. The lowest BCUT2D eigenvalue weighted by atomic mass is 10.1. The maximum absolute atomic E-state index is 13.1. The van der Waals surface area contributed by atoms with Crippen LogP contribution in [0, 0.1) is 0 Å². The lowest BCUT2D eigenvalue weighted by Crippen LogP contribution is -2.48. The Kier molecular flexibility index (Phi) is 5.98. The number of anilines is 2. The van der Waals surface area contributed by atoms with Gasteiger partial charge >= 0.3 is 0 Å². The zero-order valence-corrected chi connectivity index (χ0v) is 20.0. The average molecular weight is 495 g/mol. The van der Waals surface area contributed by atoms with Gasteiger partial charge < -0.3 is 10.2 Å². The fourth-order valence-electron chi connectivity index (χ4n) is 3.97. The van der Waals surface area contributed by atoms with Crippen molar-refractivity contribution in [1.82, 2.24) is 18.6 Å². The van der Waals surface area contributed by atoms with Gasteiger partial charge in [0.25, 0.3) is 0 Å². The molecular weight excluding hydrogens is 472 g/mol. The molecule has 1 aliphatic rings. The largest absolute Gasteiger partial charge is 0.353 e. The van der Waals surface area contributed by atoms with E-state index < -0.39 is 10.0 Å². The van der Waals surface area contributed by atoms with Gasteiger partial charge in [-0.15, -0.1) is 0 Å². The van der Waals surface area contributed by atoms with Crippen LogP contribution in [-0.2, 0) is 14.8 Å². The van der Waals surface area contributed by atoms with Crippen molar-refractivity contribution in [3.05, 3.63) is 60.9 Å². The molecule has 34 heavy (non-hydrogen) atoms. The molecule has 0 saturated carbocycles. The number of piperazine rings is 1. The quantitative estimate of drug-likeness (QED) is 0.454. The molecule has 0 unspecified atom stereocenters. The highest BCUT2D eigenvalue weighted by Crippen LogP contribution is 2.34. The lowest BCUT2D eigenvalue weighted by Gasteiger charge is -2.34. The summed E-state index contributed by atoms with van der Waals surface area (Å²) in [6, 6.07) is 16.1. The van der Waals surface area contributed by atoms with Crippen LogP contribution in [-0.4, -0.2) is 59.2 Å². The molecule has 2 aromatic carbocycles. The standard InChI is InChI=1S/C23H22N6O3S2/c1-16(30)26-18-7-9-19(10-8-18)34(31,32)29-13-11-28(12-14-29)23-22-21(24-15-25-23)20(27-33-22)17-5-3-2-4-6-17/h2-10,15H,11-14H2,1H3,(H,26,30). The van der Waals surface area contributed by atoms with E-state index >= 15 is 0 Å². The highest BCUT2D eigenvalue weighted by atomic mass is 32.2. The molecule has 1 saturated heterocycles. The van der Waals surface area contributed by atoms with E-state index in [0.717, 1.165) is 27.3 Å². The monoisotopic (exact) mass is 494 g/mol. The van der Waals surface area contributed by atoms with E-state index in [1.807, 2.05) is 30.3 Å². The minimum absolute atomic E-state index is 0.203. The molecule has 0 aliphatic carbocycles. The highest BCUT2D eigenvalue weighted by molar-refractivity contribution is 7.89. The van der Waals surface area contributed by atoms with Gasteiger partial charge in [-0.3, -0.25) is 4.79 Å². The molecular formula is C23H22N6O3S2. The Morgan fingerprint density at radius 2 is 1.68 bits per heavy atom. The van der Waals surface area contributed by atoms with Gasteiger partial charge in [0.1, 0.15) is 22.2 Å². The molecule has 1 N–H and O–H groups in total. The van der Waals surface area contributed by atoms with Gasteiger partial charge in [0, 0.05) is 44.4 Å². The van der Waals surface area contributed by atoms with Crippen molar-refractivity contribution in [3.63, 3.8) is 0 Å². The van der Waals surface area contributed by atoms with E-state index in [9.17, 15) is 13.2 Å². The molecule has 3 heterocycles. The fraction of sp³-hybridized carbons (Fsp3) is 0.217. The van der Waals surface area contributed by atoms with Crippen molar-refractivity contribution < 1.29 is 13.2 Å². The van der Waals surface area contributed by atoms with E-state index in [1.54, 1.807) is 12.1 Å². The maximum Gasteiger partial charge on any atom is 0.243 e. The van der Waals surface area contributed by atoms with Crippen molar-refractivity contribution in [2.75, 3.05) is 36.4 Å². The van der Waals surface area contributed by atoms with Gasteiger partial charge in [0.2, 0.25) is 15.9 Å². The summed E-state index contributed by atoms with van der Waals surface area (Å²) < 4.78 is 33.2. The number of hydrogen-bond donors (Lipinski definition) is 1. The second kappa shape index (κ2) is 9.09. The SMILES string of the molecule is CC(=O)Nc1ccc(S(=O)(=O)N2CCN(c3ncnc4c(-c5ccccc5)nsc34)CC2)cc1. The number of amides is 1. The van der Waals surface area contributed by atoms with Crippen LogP contribution in [0.3, 0.4) is 0 Å². The molecule has 0 atom stereocenters. The second-order valence-corrected chi connectivity index (χ2v) is 10.6. The van der Waals surface area contributed by atoms with Crippen LogP contribution in [0.2, 0.25) is 0 Å². The van der Waals surface area contributed by atoms with E-state index in [-0.39, 0.29) is 10.8 Å². The number of sulfonamides is 1. The van der Waals surface area contributed by atoms with E-state index in [1.165, 1.54) is 41.2 Å². The van der Waals surface area contributed by atoms with Gasteiger partial charge in [0.15, 0.2) is 5.82 Å². The molecule has 11 heteroatoms. The number of aromatic nitrogens is 3. The summed E-state index contributed by atoms with van der Waals surface area (Å²) >= 11 is 1.36. The first-order valence-electron chi connectivity index (χ1n) is 10.7. The Balaban J connectivity index is 1.33. The first-order valence-corrected chi connectivity index (χ1v) is 12.9. The smallest absolute Gasteiger partial charge is 0.243 e. The normalized spacial score (nSPS) is 14.9. The van der Waals surface area contributed by atoms with Crippen LogP contribution < -0.4 is 10.2 Å². The number of benzene rings is 2. The fourth-order valence-corrected chi connectivity index (χ4v) is 6.26. The first-order chi connectivity index (χ1) is 16.4. The molecule has 0 spiro atoms. The topological polar surface area (TPSA) is 108 Å². The van der Waals surface area contributed by atoms with Crippen molar-refractivity contribution in [3.8, 4) is 11.3 Å². The maximum atomic E-state index is 13.1. The van der Waals surface area contributed by atoms with Crippen LogP contribution in [0.4, 0.5) is 11.5 Å². The summed E-state index contributed by atoms with van der Waals surface area (Å²) in [6.45, 7) is 3.10. The van der Waals surface area contributed by atoms with E-state index in [4.69, 9.17) is 0 Å². The van der Waals surface area contributed by atoms with Crippen LogP contribution in [0.15, 0.2) is 65.8 Å². The summed E-state index contributed by atoms with van der Waals surface area (Å²) in [7, 11) is -3.64. The number of carbonyl (C=O) groups is 1. The van der Waals surface area contributed by atoms with Crippen LogP contribution in [0.25, 0.3) is 21.5 Å². The predicted octanol–water partition coefficient (Wildman–Crippen LogP) is 3.22. The molecule has 4 aromatic rings. The van der Waals surface area contributed by atoms with Gasteiger partial charge in [-0.2, -0.15) is 8.68 Å². The Morgan fingerprint density at radius 1 is 0.971 bits per heavy atom. The zero-order chi connectivity index (χ0) is 23.7. The van der Waals surface area contributed by atoms with Crippen LogP contribution >= 0.6 is 11.5 Å². The Morgan fingerprint density at radius 3 is 2.35 bits per heavy atom. The second-order valence-electron chi connectivity index (χ2n) is 7.87. The molecule has 1 fully saturated rings. The van der Waals surface area contributed by atoms with Gasteiger partial charge in [-0.05, 0) is 35.8 Å². The molecule has 1 aliphatic heterocycles. The van der Waals surface area contributed by atoms with Crippen molar-refractivity contribution in [1.29, 1.82) is 0 Å². The number of nitrogens with zero attached hydrogens (tertiary/aromatic N) is 5. The Labute approximate surface area is 201 Å². The van der Waals surface area contributed by atoms with Crippen molar-refractivity contribution in [2.24, 2.45) is 0 Å². The third-order valence-electron chi connectivity index (χ3n) is 5.64. The van der Waals surface area contributed by atoms with Gasteiger partial charge in [0.05, 0.1) is 4.90 Å². The molecule has 2 aromatic heterocycles. The molecule has 9 nitrogen and oxygen atoms in total. The minimum atomic E-state index is -3.64. The Hall–Kier alpha value is -3.41. The summed E-state index contributed by atoms with van der Waals surface area (Å²) in [5.74, 6) is 0.573. The van der Waals surface area contributed by atoms with E-state index in [2.05, 4.69) is 24.6 Å². The third-order valence-corrected chi connectivity index (χ3v) is 8.38. The van der Waals surface area contributed by atoms with Crippen molar-refractivity contribution in [2.45, 2.75) is 11.8 Å². The molecule has 1 amide bonds. The minimum Gasteiger partial charge on any atom is -0.353 e. The van der Waals surface area contributed by atoms with Crippen LogP contribution in [0.1, 0.15) is 6.92 Å². The van der Waals surface area contributed by atoms with E-state index in [0.29, 0.717) is 31.9 Å². The zero-order valence-electron chi connectivity index (χ0n) is 18.4. The molecule has 5 rings (SSSR count). The van der Waals surface area contributed by atoms with Gasteiger partial charge in [-0.25, -0.2) is 18.4 Å². The summed E-state index contributed by atoms with van der Waals surface area (Å²) in [5, 5.41) is 2.64. The number of fused-ring (bicyclic) bond motifs is 1. The third kappa shape index (κ3) is 4.25. The summed E-state index contributed by atoms with van der Waals surface area (Å²) in [4.78, 5) is 22.4. The highest BCUT2D eigenvalue weighted by Gasteiger charge is 2.30. The molecule has 0 bridgehead atoms.